The maximum Gasteiger partial charge on any atom is -0.0326 e. The Morgan fingerprint density at radius 2 is 1.54 bits per heavy atom. The second-order valence-corrected chi connectivity index (χ2v) is 5.17. The summed E-state index contributed by atoms with van der Waals surface area (Å²) in [5.74, 6) is 5.04. The third-order valence-electron chi connectivity index (χ3n) is 4.22. The van der Waals surface area contributed by atoms with Gasteiger partial charge in [-0.05, 0) is 29.6 Å². The molecule has 0 aromatic rings. The zero-order valence-corrected chi connectivity index (χ0v) is 10.0. The predicted octanol–water partition coefficient (Wildman–Crippen LogP) is 4.35. The van der Waals surface area contributed by atoms with E-state index >= 15 is 0 Å². The van der Waals surface area contributed by atoms with Gasteiger partial charge in [0.1, 0.15) is 0 Å². The average Bonchev–Trinajstić information content (AvgIpc) is 2.76. The first-order valence-corrected chi connectivity index (χ1v) is 6.13. The SMILES string of the molecule is CCCC(C)C1C(C)C1C(C)CC. The van der Waals surface area contributed by atoms with Gasteiger partial charge in [0.15, 0.2) is 0 Å². The summed E-state index contributed by atoms with van der Waals surface area (Å²) in [6.07, 6.45) is 4.16. The Balaban J connectivity index is 2.38. The highest BCUT2D eigenvalue weighted by molar-refractivity contribution is 4.98. The highest BCUT2D eigenvalue weighted by Crippen LogP contribution is 2.56. The van der Waals surface area contributed by atoms with Crippen LogP contribution in [0, 0.1) is 29.6 Å². The van der Waals surface area contributed by atoms with E-state index in [1.807, 2.05) is 0 Å². The Kier molecular flexibility index (Phi) is 3.82. The second kappa shape index (κ2) is 4.48. The molecule has 1 aliphatic carbocycles. The average molecular weight is 182 g/mol. The van der Waals surface area contributed by atoms with Crippen LogP contribution in [0.15, 0.2) is 0 Å². The highest BCUT2D eigenvalue weighted by atomic mass is 14.6. The van der Waals surface area contributed by atoms with Gasteiger partial charge in [-0.15, -0.1) is 0 Å². The van der Waals surface area contributed by atoms with Crippen LogP contribution in [0.1, 0.15) is 53.9 Å². The third kappa shape index (κ3) is 2.27. The smallest absolute Gasteiger partial charge is 0.0326 e. The Morgan fingerprint density at radius 1 is 1.00 bits per heavy atom. The molecule has 0 amide bonds. The molecule has 0 bridgehead atoms. The van der Waals surface area contributed by atoms with Crippen molar-refractivity contribution >= 4 is 0 Å². The minimum atomic E-state index is 0.958. The largest absolute Gasteiger partial charge is 0.0654 e. The van der Waals surface area contributed by atoms with Crippen molar-refractivity contribution < 1.29 is 0 Å². The van der Waals surface area contributed by atoms with Crippen LogP contribution in [-0.4, -0.2) is 0 Å². The van der Waals surface area contributed by atoms with Crippen molar-refractivity contribution in [1.82, 2.24) is 0 Å². The molecular formula is C13H26. The Hall–Kier alpha value is 0. The third-order valence-corrected chi connectivity index (χ3v) is 4.22. The van der Waals surface area contributed by atoms with Gasteiger partial charge in [0.05, 0.1) is 0 Å². The molecule has 5 unspecified atom stereocenters. The molecule has 0 heterocycles. The molecule has 0 heteroatoms. The van der Waals surface area contributed by atoms with Gasteiger partial charge in [-0.25, -0.2) is 0 Å². The van der Waals surface area contributed by atoms with E-state index in [4.69, 9.17) is 0 Å². The molecule has 0 aromatic heterocycles. The second-order valence-electron chi connectivity index (χ2n) is 5.17. The molecule has 1 aliphatic rings. The summed E-state index contributed by atoms with van der Waals surface area (Å²) in [6.45, 7) is 12.0. The summed E-state index contributed by atoms with van der Waals surface area (Å²) >= 11 is 0. The molecule has 0 spiro atoms. The van der Waals surface area contributed by atoms with Crippen LogP contribution in [0.25, 0.3) is 0 Å². The van der Waals surface area contributed by atoms with Crippen LogP contribution < -0.4 is 0 Å². The van der Waals surface area contributed by atoms with E-state index in [1.165, 1.54) is 19.3 Å². The van der Waals surface area contributed by atoms with Crippen LogP contribution in [-0.2, 0) is 0 Å². The van der Waals surface area contributed by atoms with Crippen LogP contribution in [0.5, 0.6) is 0 Å². The molecule has 0 aliphatic heterocycles. The molecule has 0 radical (unpaired) electrons. The van der Waals surface area contributed by atoms with Crippen molar-refractivity contribution in [2.75, 3.05) is 0 Å². The molecule has 1 saturated carbocycles. The van der Waals surface area contributed by atoms with Gasteiger partial charge in [0.2, 0.25) is 0 Å². The number of rotatable bonds is 5. The Morgan fingerprint density at radius 3 is 2.00 bits per heavy atom. The summed E-state index contributed by atoms with van der Waals surface area (Å²) in [4.78, 5) is 0. The standard InChI is InChI=1S/C13H26/c1-6-8-10(4)13-11(5)12(13)9(3)7-2/h9-13H,6-8H2,1-5H3. The van der Waals surface area contributed by atoms with Crippen molar-refractivity contribution in [2.45, 2.75) is 53.9 Å². The zero-order valence-electron chi connectivity index (χ0n) is 10.0. The number of hydrogen-bond donors (Lipinski definition) is 0. The molecule has 5 atom stereocenters. The van der Waals surface area contributed by atoms with Crippen molar-refractivity contribution in [2.24, 2.45) is 29.6 Å². The van der Waals surface area contributed by atoms with E-state index in [2.05, 4.69) is 34.6 Å². The molecule has 0 saturated heterocycles. The normalized spacial score (nSPS) is 37.2. The van der Waals surface area contributed by atoms with E-state index in [9.17, 15) is 0 Å². The van der Waals surface area contributed by atoms with E-state index in [0.29, 0.717) is 0 Å². The topological polar surface area (TPSA) is 0 Å². The quantitative estimate of drug-likeness (QED) is 0.593. The summed E-state index contributed by atoms with van der Waals surface area (Å²) in [5, 5.41) is 0. The number of hydrogen-bond acceptors (Lipinski definition) is 0. The molecule has 1 fully saturated rings. The minimum Gasteiger partial charge on any atom is -0.0654 e. The van der Waals surface area contributed by atoms with Crippen molar-refractivity contribution in [1.29, 1.82) is 0 Å². The lowest BCUT2D eigenvalue weighted by atomic mass is 9.94. The summed E-state index contributed by atoms with van der Waals surface area (Å²) in [5.41, 5.74) is 0. The fourth-order valence-electron chi connectivity index (χ4n) is 3.24. The van der Waals surface area contributed by atoms with E-state index in [0.717, 1.165) is 29.6 Å². The van der Waals surface area contributed by atoms with Crippen LogP contribution in [0.2, 0.25) is 0 Å². The maximum absolute atomic E-state index is 2.45. The van der Waals surface area contributed by atoms with Gasteiger partial charge in [-0.3, -0.25) is 0 Å². The van der Waals surface area contributed by atoms with E-state index in [1.54, 1.807) is 0 Å². The zero-order chi connectivity index (χ0) is 10.0. The first-order chi connectivity index (χ1) is 6.13. The van der Waals surface area contributed by atoms with E-state index in [-0.39, 0.29) is 0 Å². The Labute approximate surface area is 84.1 Å². The molecule has 1 rings (SSSR count). The van der Waals surface area contributed by atoms with Gasteiger partial charge < -0.3 is 0 Å². The lowest BCUT2D eigenvalue weighted by molar-refractivity contribution is 0.380. The minimum absolute atomic E-state index is 0.958. The fourth-order valence-corrected chi connectivity index (χ4v) is 3.24. The van der Waals surface area contributed by atoms with Crippen molar-refractivity contribution in [3.8, 4) is 0 Å². The fraction of sp³-hybridized carbons (Fsp3) is 1.00. The van der Waals surface area contributed by atoms with Crippen LogP contribution >= 0.6 is 0 Å². The first-order valence-electron chi connectivity index (χ1n) is 6.13. The van der Waals surface area contributed by atoms with Crippen molar-refractivity contribution in [3.63, 3.8) is 0 Å². The van der Waals surface area contributed by atoms with E-state index < -0.39 is 0 Å². The predicted molar refractivity (Wildman–Crippen MR) is 59.7 cm³/mol. The van der Waals surface area contributed by atoms with Gasteiger partial charge >= 0.3 is 0 Å². The summed E-state index contributed by atoms with van der Waals surface area (Å²) in [6, 6.07) is 0. The van der Waals surface area contributed by atoms with Crippen molar-refractivity contribution in [3.05, 3.63) is 0 Å². The lowest BCUT2D eigenvalue weighted by Crippen LogP contribution is -2.03. The first kappa shape index (κ1) is 11.1. The molecule has 13 heavy (non-hydrogen) atoms. The molecule has 0 aromatic carbocycles. The van der Waals surface area contributed by atoms with Gasteiger partial charge in [0, 0.05) is 0 Å². The maximum atomic E-state index is 2.45. The lowest BCUT2D eigenvalue weighted by Gasteiger charge is -2.12. The monoisotopic (exact) mass is 182 g/mol. The van der Waals surface area contributed by atoms with Gasteiger partial charge in [-0.1, -0.05) is 53.9 Å². The summed E-state index contributed by atoms with van der Waals surface area (Å²) < 4.78 is 0. The summed E-state index contributed by atoms with van der Waals surface area (Å²) in [7, 11) is 0. The highest BCUT2D eigenvalue weighted by Gasteiger charge is 2.50. The van der Waals surface area contributed by atoms with Crippen LogP contribution in [0.4, 0.5) is 0 Å². The molecule has 0 nitrogen and oxygen atoms in total. The van der Waals surface area contributed by atoms with Gasteiger partial charge in [0.25, 0.3) is 0 Å². The van der Waals surface area contributed by atoms with Crippen LogP contribution in [0.3, 0.4) is 0 Å². The molecule has 0 N–H and O–H groups in total. The molecule has 78 valence electrons. The Bertz CT molecular complexity index is 150. The molecular weight excluding hydrogens is 156 g/mol. The van der Waals surface area contributed by atoms with Gasteiger partial charge in [-0.2, -0.15) is 0 Å².